The molecule has 0 spiro atoms. The molecule has 0 unspecified atom stereocenters. The second-order valence-electron chi connectivity index (χ2n) is 7.56. The van der Waals surface area contributed by atoms with Crippen molar-refractivity contribution < 1.29 is 13.9 Å². The van der Waals surface area contributed by atoms with Crippen LogP contribution in [-0.2, 0) is 9.53 Å². The Hall–Kier alpha value is -4.71. The molecule has 6 heteroatoms. The van der Waals surface area contributed by atoms with Gasteiger partial charge in [0, 0.05) is 22.7 Å². The molecule has 1 aliphatic heterocycles. The number of rotatable bonds is 4. The normalized spacial score (nSPS) is 14.6. The average molecular weight is 431 g/mol. The molecule has 3 aromatic carbocycles. The van der Waals surface area contributed by atoms with E-state index >= 15 is 0 Å². The predicted molar refractivity (Wildman–Crippen MR) is 126 cm³/mol. The van der Waals surface area contributed by atoms with Gasteiger partial charge in [-0.1, -0.05) is 54.6 Å². The highest BCUT2D eigenvalue weighted by molar-refractivity contribution is 6.13. The molecule has 0 aliphatic carbocycles. The molecule has 3 heterocycles. The minimum absolute atomic E-state index is 0.207. The van der Waals surface area contributed by atoms with Crippen LogP contribution in [0, 0.1) is 0 Å². The zero-order valence-electron chi connectivity index (χ0n) is 17.4. The number of furan rings is 1. The van der Waals surface area contributed by atoms with E-state index in [9.17, 15) is 4.79 Å². The molecule has 0 N–H and O–H groups in total. The number of hydrogen-bond donors (Lipinski definition) is 0. The van der Waals surface area contributed by atoms with Gasteiger partial charge in [-0.15, -0.1) is 0 Å². The molecule has 2 aromatic heterocycles. The lowest BCUT2D eigenvalue weighted by Gasteiger charge is -1.98. The molecule has 0 amide bonds. The molecule has 6 nitrogen and oxygen atoms in total. The molecular formula is C27H17N3O3. The summed E-state index contributed by atoms with van der Waals surface area (Å²) >= 11 is 0. The lowest BCUT2D eigenvalue weighted by atomic mass is 10.1. The first kappa shape index (κ1) is 19.0. The summed E-state index contributed by atoms with van der Waals surface area (Å²) in [6, 6.07) is 28.8. The number of hydrogen-bond acceptors (Lipinski definition) is 5. The third-order valence-electron chi connectivity index (χ3n) is 5.36. The van der Waals surface area contributed by atoms with E-state index in [0.717, 1.165) is 22.2 Å². The monoisotopic (exact) mass is 431 g/mol. The number of para-hydroxylation sites is 2. The van der Waals surface area contributed by atoms with Crippen molar-refractivity contribution >= 4 is 28.9 Å². The van der Waals surface area contributed by atoms with Crippen molar-refractivity contribution in [3.63, 3.8) is 0 Å². The lowest BCUT2D eigenvalue weighted by Crippen LogP contribution is -2.04. The molecule has 0 saturated heterocycles. The van der Waals surface area contributed by atoms with E-state index in [4.69, 9.17) is 14.3 Å². The maximum absolute atomic E-state index is 12.6. The van der Waals surface area contributed by atoms with Gasteiger partial charge < -0.3 is 9.15 Å². The quantitative estimate of drug-likeness (QED) is 0.273. The van der Waals surface area contributed by atoms with Gasteiger partial charge in [-0.2, -0.15) is 5.10 Å². The number of aromatic nitrogens is 2. The molecule has 0 radical (unpaired) electrons. The van der Waals surface area contributed by atoms with Crippen LogP contribution in [0.4, 0.5) is 0 Å². The topological polar surface area (TPSA) is 69.6 Å². The number of carbonyl (C=O) groups is 1. The Bertz CT molecular complexity index is 1510. The molecular weight excluding hydrogens is 414 g/mol. The second kappa shape index (κ2) is 7.76. The highest BCUT2D eigenvalue weighted by Crippen LogP contribution is 2.32. The number of cyclic esters (lactones) is 1. The number of benzene rings is 3. The van der Waals surface area contributed by atoms with Crippen LogP contribution in [0.15, 0.2) is 112 Å². The van der Waals surface area contributed by atoms with Gasteiger partial charge in [0.2, 0.25) is 5.90 Å². The molecule has 0 fully saturated rings. The van der Waals surface area contributed by atoms with Crippen LogP contribution in [-0.4, -0.2) is 21.6 Å². The third-order valence-corrected chi connectivity index (χ3v) is 5.36. The first-order valence-corrected chi connectivity index (χ1v) is 10.5. The Kier molecular flexibility index (Phi) is 4.47. The molecule has 33 heavy (non-hydrogen) atoms. The molecule has 0 bridgehead atoms. The first-order chi connectivity index (χ1) is 16.2. The van der Waals surface area contributed by atoms with Gasteiger partial charge in [-0.25, -0.2) is 14.5 Å². The molecule has 158 valence electrons. The predicted octanol–water partition coefficient (Wildman–Crippen LogP) is 5.63. The van der Waals surface area contributed by atoms with Crippen molar-refractivity contribution in [3.05, 3.63) is 114 Å². The summed E-state index contributed by atoms with van der Waals surface area (Å²) in [5, 5.41) is 5.74. The molecule has 0 saturated carbocycles. The fourth-order valence-electron chi connectivity index (χ4n) is 3.76. The third kappa shape index (κ3) is 3.53. The molecule has 1 aliphatic rings. The summed E-state index contributed by atoms with van der Waals surface area (Å²) < 4.78 is 13.2. The van der Waals surface area contributed by atoms with E-state index < -0.39 is 5.97 Å². The zero-order valence-corrected chi connectivity index (χ0v) is 17.4. The lowest BCUT2D eigenvalue weighted by molar-refractivity contribution is -0.129. The molecule has 0 atom stereocenters. The van der Waals surface area contributed by atoms with Crippen molar-refractivity contribution in [1.82, 2.24) is 9.78 Å². The maximum Gasteiger partial charge on any atom is 0.363 e. The number of carbonyl (C=O) groups excluding carboxylic acids is 1. The number of esters is 1. The summed E-state index contributed by atoms with van der Waals surface area (Å²) in [5.74, 6) is 0.390. The van der Waals surface area contributed by atoms with Gasteiger partial charge in [0.15, 0.2) is 11.5 Å². The highest BCUT2D eigenvalue weighted by Gasteiger charge is 2.25. The van der Waals surface area contributed by atoms with Crippen LogP contribution in [0.1, 0.15) is 11.1 Å². The van der Waals surface area contributed by atoms with Crippen LogP contribution in [0.25, 0.3) is 34.2 Å². The standard InChI is InChI=1S/C27H17N3O3/c31-27-22(28-26(33-27)18-9-3-1-4-10-18)15-20-17-30(21-12-5-2-6-13-21)29-25(20)24-16-19-11-7-8-14-23(19)32-24/h1-17H/b22-15+. The minimum atomic E-state index is -0.503. The Balaban J connectivity index is 1.48. The number of ether oxygens (including phenoxy) is 1. The fraction of sp³-hybridized carbons (Fsp3) is 0. The number of nitrogens with zero attached hydrogens (tertiary/aromatic N) is 3. The van der Waals surface area contributed by atoms with Crippen LogP contribution in [0.3, 0.4) is 0 Å². The van der Waals surface area contributed by atoms with Crippen molar-refractivity contribution in [3.8, 4) is 17.1 Å². The van der Waals surface area contributed by atoms with E-state index in [0.29, 0.717) is 17.0 Å². The van der Waals surface area contributed by atoms with E-state index in [1.165, 1.54) is 0 Å². The Morgan fingerprint density at radius 1 is 0.848 bits per heavy atom. The van der Waals surface area contributed by atoms with Crippen molar-refractivity contribution in [1.29, 1.82) is 0 Å². The van der Waals surface area contributed by atoms with Crippen LogP contribution >= 0.6 is 0 Å². The maximum atomic E-state index is 12.6. The summed E-state index contributed by atoms with van der Waals surface area (Å²) in [4.78, 5) is 17.0. The largest absolute Gasteiger partial charge is 0.454 e. The smallest absolute Gasteiger partial charge is 0.363 e. The highest BCUT2D eigenvalue weighted by atomic mass is 16.6. The molecule has 5 aromatic rings. The Morgan fingerprint density at radius 3 is 2.36 bits per heavy atom. The van der Waals surface area contributed by atoms with E-state index in [1.54, 1.807) is 10.8 Å². The van der Waals surface area contributed by atoms with E-state index in [2.05, 4.69) is 4.99 Å². The van der Waals surface area contributed by atoms with Gasteiger partial charge in [0.25, 0.3) is 0 Å². The SMILES string of the molecule is O=C1OC(c2ccccc2)=N/C1=C/c1cn(-c2ccccc2)nc1-c1cc2ccccc2o1. The number of fused-ring (bicyclic) bond motifs is 1. The van der Waals surface area contributed by atoms with Crippen LogP contribution in [0.2, 0.25) is 0 Å². The Morgan fingerprint density at radius 2 is 1.58 bits per heavy atom. The van der Waals surface area contributed by atoms with E-state index in [1.807, 2.05) is 97.2 Å². The van der Waals surface area contributed by atoms with Gasteiger partial charge in [-0.05, 0) is 42.5 Å². The van der Waals surface area contributed by atoms with Crippen LogP contribution < -0.4 is 0 Å². The fourth-order valence-corrected chi connectivity index (χ4v) is 3.76. The van der Waals surface area contributed by atoms with Crippen molar-refractivity contribution in [2.75, 3.05) is 0 Å². The summed E-state index contributed by atoms with van der Waals surface area (Å²) in [6.45, 7) is 0. The van der Waals surface area contributed by atoms with Gasteiger partial charge >= 0.3 is 5.97 Å². The van der Waals surface area contributed by atoms with Gasteiger partial charge in [0.1, 0.15) is 11.3 Å². The minimum Gasteiger partial charge on any atom is -0.454 e. The Labute approximate surface area is 189 Å². The van der Waals surface area contributed by atoms with Crippen molar-refractivity contribution in [2.24, 2.45) is 4.99 Å². The van der Waals surface area contributed by atoms with Crippen molar-refractivity contribution in [2.45, 2.75) is 0 Å². The van der Waals surface area contributed by atoms with Gasteiger partial charge in [0.05, 0.1) is 5.69 Å². The van der Waals surface area contributed by atoms with Crippen LogP contribution in [0.5, 0.6) is 0 Å². The molecule has 6 rings (SSSR count). The average Bonchev–Trinajstić information content (AvgIpc) is 3.57. The van der Waals surface area contributed by atoms with Gasteiger partial charge in [-0.3, -0.25) is 0 Å². The summed E-state index contributed by atoms with van der Waals surface area (Å²) in [5.41, 5.74) is 3.92. The van der Waals surface area contributed by atoms with E-state index in [-0.39, 0.29) is 11.6 Å². The first-order valence-electron chi connectivity index (χ1n) is 10.5. The summed E-state index contributed by atoms with van der Waals surface area (Å²) in [6.07, 6.45) is 3.54. The zero-order chi connectivity index (χ0) is 22.2. The summed E-state index contributed by atoms with van der Waals surface area (Å²) in [7, 11) is 0. The number of aliphatic imine (C=N–C) groups is 1. The second-order valence-corrected chi connectivity index (χ2v) is 7.56.